The van der Waals surface area contributed by atoms with Crippen LogP contribution in [0.1, 0.15) is 22.5 Å². The summed E-state index contributed by atoms with van der Waals surface area (Å²) in [6, 6.07) is 5.50. The molecule has 8 nitrogen and oxygen atoms in total. The van der Waals surface area contributed by atoms with Gasteiger partial charge < -0.3 is 25.0 Å². The van der Waals surface area contributed by atoms with Crippen LogP contribution in [-0.2, 0) is 6.54 Å². The van der Waals surface area contributed by atoms with Crippen LogP contribution in [0.2, 0.25) is 0 Å². The van der Waals surface area contributed by atoms with E-state index in [2.05, 4.69) is 25.5 Å². The maximum atomic E-state index is 12.2. The summed E-state index contributed by atoms with van der Waals surface area (Å²) < 4.78 is 10.5. The summed E-state index contributed by atoms with van der Waals surface area (Å²) >= 11 is 0. The van der Waals surface area contributed by atoms with Crippen molar-refractivity contribution in [3.63, 3.8) is 0 Å². The number of hydrogen-bond donors (Lipinski definition) is 2. The van der Waals surface area contributed by atoms with Crippen molar-refractivity contribution in [2.45, 2.75) is 13.0 Å². The average molecular weight is 373 g/mol. The molecule has 2 N–H and O–H groups in total. The van der Waals surface area contributed by atoms with Gasteiger partial charge in [0.05, 0.1) is 26.6 Å². The van der Waals surface area contributed by atoms with Crippen molar-refractivity contribution in [3.05, 3.63) is 41.9 Å². The molecular formula is C19H27N5O3. The van der Waals surface area contributed by atoms with Crippen LogP contribution in [0.5, 0.6) is 11.5 Å². The third kappa shape index (κ3) is 6.41. The molecule has 0 radical (unpaired) electrons. The molecule has 1 aromatic heterocycles. The summed E-state index contributed by atoms with van der Waals surface area (Å²) in [5.41, 5.74) is 1.17. The van der Waals surface area contributed by atoms with E-state index < -0.39 is 0 Å². The van der Waals surface area contributed by atoms with Crippen LogP contribution in [0.15, 0.2) is 30.6 Å². The van der Waals surface area contributed by atoms with Crippen LogP contribution in [-0.4, -0.2) is 62.2 Å². The van der Waals surface area contributed by atoms with Crippen LogP contribution in [0.25, 0.3) is 0 Å². The van der Waals surface area contributed by atoms with Crippen molar-refractivity contribution in [1.29, 1.82) is 0 Å². The SMILES string of the molecule is COc1ccc(CNC(=O)c2cnc(NCCCN(C)C)cn2)cc1OC. The predicted molar refractivity (Wildman–Crippen MR) is 104 cm³/mol. The first kappa shape index (κ1) is 20.4. The number of methoxy groups -OCH3 is 2. The Bertz CT molecular complexity index is 735. The molecule has 0 fully saturated rings. The number of ether oxygens (including phenoxy) is 2. The number of rotatable bonds is 10. The Kier molecular flexibility index (Phi) is 7.81. The predicted octanol–water partition coefficient (Wildman–Crippen LogP) is 1.79. The molecule has 0 bridgehead atoms. The van der Waals surface area contributed by atoms with E-state index in [1.807, 2.05) is 26.2 Å². The van der Waals surface area contributed by atoms with Crippen molar-refractivity contribution in [2.24, 2.45) is 0 Å². The Morgan fingerprint density at radius 2 is 1.89 bits per heavy atom. The van der Waals surface area contributed by atoms with Crippen LogP contribution >= 0.6 is 0 Å². The highest BCUT2D eigenvalue weighted by molar-refractivity contribution is 5.91. The normalized spacial score (nSPS) is 10.6. The molecule has 0 aliphatic rings. The number of amides is 1. The van der Waals surface area contributed by atoms with E-state index in [1.165, 1.54) is 6.20 Å². The maximum absolute atomic E-state index is 12.2. The topological polar surface area (TPSA) is 88.6 Å². The van der Waals surface area contributed by atoms with Crippen LogP contribution in [0.4, 0.5) is 5.82 Å². The molecule has 1 aromatic carbocycles. The minimum absolute atomic E-state index is 0.273. The summed E-state index contributed by atoms with van der Waals surface area (Å²) in [5.74, 6) is 1.64. The Morgan fingerprint density at radius 3 is 2.52 bits per heavy atom. The van der Waals surface area contributed by atoms with E-state index in [-0.39, 0.29) is 11.6 Å². The first-order valence-electron chi connectivity index (χ1n) is 8.73. The molecule has 0 atom stereocenters. The molecule has 1 heterocycles. The number of nitrogens with one attached hydrogen (secondary N) is 2. The molecule has 0 saturated carbocycles. The third-order valence-corrected chi connectivity index (χ3v) is 3.87. The highest BCUT2D eigenvalue weighted by Gasteiger charge is 2.09. The zero-order valence-electron chi connectivity index (χ0n) is 16.3. The van der Waals surface area contributed by atoms with Gasteiger partial charge in [-0.15, -0.1) is 0 Å². The van der Waals surface area contributed by atoms with Gasteiger partial charge in [-0.2, -0.15) is 0 Å². The zero-order valence-corrected chi connectivity index (χ0v) is 16.3. The minimum Gasteiger partial charge on any atom is -0.493 e. The van der Waals surface area contributed by atoms with Crippen LogP contribution in [0, 0.1) is 0 Å². The second kappa shape index (κ2) is 10.3. The van der Waals surface area contributed by atoms with E-state index >= 15 is 0 Å². The molecule has 8 heteroatoms. The average Bonchev–Trinajstić information content (AvgIpc) is 2.69. The molecule has 0 spiro atoms. The fourth-order valence-corrected chi connectivity index (χ4v) is 2.41. The lowest BCUT2D eigenvalue weighted by Crippen LogP contribution is -2.24. The Morgan fingerprint density at radius 1 is 1.11 bits per heavy atom. The molecule has 2 aromatic rings. The first-order valence-corrected chi connectivity index (χ1v) is 8.73. The van der Waals surface area contributed by atoms with Crippen LogP contribution < -0.4 is 20.1 Å². The second-order valence-electron chi connectivity index (χ2n) is 6.24. The molecule has 2 rings (SSSR count). The Hall–Kier alpha value is -2.87. The fraction of sp³-hybridized carbons (Fsp3) is 0.421. The highest BCUT2D eigenvalue weighted by Crippen LogP contribution is 2.27. The van der Waals surface area contributed by atoms with Gasteiger partial charge in [-0.1, -0.05) is 6.07 Å². The molecule has 146 valence electrons. The monoisotopic (exact) mass is 373 g/mol. The standard InChI is InChI=1S/C19H27N5O3/c1-24(2)9-5-8-20-18-13-21-15(12-22-18)19(25)23-11-14-6-7-16(26-3)17(10-14)27-4/h6-7,10,12-13H,5,8-9,11H2,1-4H3,(H,20,22)(H,23,25). The molecule has 0 aliphatic carbocycles. The molecule has 1 amide bonds. The molecule has 0 aliphatic heterocycles. The summed E-state index contributed by atoms with van der Waals surface area (Å²) in [7, 11) is 7.23. The highest BCUT2D eigenvalue weighted by atomic mass is 16.5. The van der Waals surface area contributed by atoms with Gasteiger partial charge in [-0.3, -0.25) is 4.79 Å². The molecule has 0 unspecified atom stereocenters. The van der Waals surface area contributed by atoms with Crippen molar-refractivity contribution >= 4 is 11.7 Å². The second-order valence-corrected chi connectivity index (χ2v) is 6.24. The number of carbonyl (C=O) groups excluding carboxylic acids is 1. The van der Waals surface area contributed by atoms with E-state index in [4.69, 9.17) is 9.47 Å². The summed E-state index contributed by atoms with van der Waals surface area (Å²) in [4.78, 5) is 22.8. The number of benzene rings is 1. The van der Waals surface area contributed by atoms with Crippen molar-refractivity contribution in [3.8, 4) is 11.5 Å². The van der Waals surface area contributed by atoms with Gasteiger partial charge in [-0.05, 0) is 44.8 Å². The number of anilines is 1. The number of nitrogens with zero attached hydrogens (tertiary/aromatic N) is 3. The lowest BCUT2D eigenvalue weighted by atomic mass is 10.2. The van der Waals surface area contributed by atoms with Crippen molar-refractivity contribution in [2.75, 3.05) is 46.7 Å². The smallest absolute Gasteiger partial charge is 0.271 e. The molecular weight excluding hydrogens is 346 g/mol. The van der Waals surface area contributed by atoms with Gasteiger partial charge >= 0.3 is 0 Å². The molecule has 0 saturated heterocycles. The maximum Gasteiger partial charge on any atom is 0.271 e. The quantitative estimate of drug-likeness (QED) is 0.614. The first-order chi connectivity index (χ1) is 13.0. The third-order valence-electron chi connectivity index (χ3n) is 3.87. The van der Waals surface area contributed by atoms with E-state index in [0.717, 1.165) is 25.1 Å². The van der Waals surface area contributed by atoms with Crippen molar-refractivity contribution < 1.29 is 14.3 Å². The number of hydrogen-bond acceptors (Lipinski definition) is 7. The van der Waals surface area contributed by atoms with Gasteiger partial charge in [0.15, 0.2) is 11.5 Å². The lowest BCUT2D eigenvalue weighted by molar-refractivity contribution is 0.0945. The van der Waals surface area contributed by atoms with E-state index in [1.54, 1.807) is 26.5 Å². The largest absolute Gasteiger partial charge is 0.493 e. The van der Waals surface area contributed by atoms with E-state index in [0.29, 0.717) is 23.9 Å². The zero-order chi connectivity index (χ0) is 19.6. The van der Waals surface area contributed by atoms with E-state index in [9.17, 15) is 4.79 Å². The van der Waals surface area contributed by atoms with Gasteiger partial charge in [0.1, 0.15) is 11.5 Å². The van der Waals surface area contributed by atoms with Gasteiger partial charge in [0.2, 0.25) is 0 Å². The van der Waals surface area contributed by atoms with Gasteiger partial charge in [0, 0.05) is 13.1 Å². The van der Waals surface area contributed by atoms with Crippen LogP contribution in [0.3, 0.4) is 0 Å². The fourth-order valence-electron chi connectivity index (χ4n) is 2.41. The molecule has 27 heavy (non-hydrogen) atoms. The number of carbonyl (C=O) groups is 1. The summed E-state index contributed by atoms with van der Waals surface area (Å²) in [6.45, 7) is 2.15. The summed E-state index contributed by atoms with van der Waals surface area (Å²) in [5, 5.41) is 6.01. The summed E-state index contributed by atoms with van der Waals surface area (Å²) in [6.07, 6.45) is 4.04. The minimum atomic E-state index is -0.281. The Balaban J connectivity index is 1.85. The number of aromatic nitrogens is 2. The van der Waals surface area contributed by atoms with Gasteiger partial charge in [0.25, 0.3) is 5.91 Å². The Labute approximate surface area is 159 Å². The van der Waals surface area contributed by atoms with Gasteiger partial charge in [-0.25, -0.2) is 9.97 Å². The lowest BCUT2D eigenvalue weighted by Gasteiger charge is -2.11. The van der Waals surface area contributed by atoms with Crippen molar-refractivity contribution in [1.82, 2.24) is 20.2 Å².